The summed E-state index contributed by atoms with van der Waals surface area (Å²) in [6, 6.07) is 2.67. The van der Waals surface area contributed by atoms with Gasteiger partial charge in [0, 0.05) is 36.9 Å². The SMILES string of the molecule is CC(C)NCc1ccnc(N(CC2CC2)C2CC2)c1F. The Morgan fingerprint density at radius 3 is 2.70 bits per heavy atom. The Morgan fingerprint density at radius 1 is 1.35 bits per heavy atom. The molecule has 4 heteroatoms. The third-order valence-corrected chi connectivity index (χ3v) is 4.06. The van der Waals surface area contributed by atoms with Gasteiger partial charge in [-0.3, -0.25) is 0 Å². The summed E-state index contributed by atoms with van der Waals surface area (Å²) in [6.07, 6.45) is 6.70. The number of nitrogens with one attached hydrogen (secondary N) is 1. The highest BCUT2D eigenvalue weighted by molar-refractivity contribution is 5.46. The molecule has 0 radical (unpaired) electrons. The van der Waals surface area contributed by atoms with Gasteiger partial charge in [0.1, 0.15) is 0 Å². The number of hydrogen-bond acceptors (Lipinski definition) is 3. The number of anilines is 1. The lowest BCUT2D eigenvalue weighted by molar-refractivity contribution is 0.544. The maximum absolute atomic E-state index is 14.7. The molecule has 3 rings (SSSR count). The predicted octanol–water partition coefficient (Wildman–Crippen LogP) is 3.10. The van der Waals surface area contributed by atoms with Gasteiger partial charge in [-0.15, -0.1) is 0 Å². The van der Waals surface area contributed by atoms with E-state index in [0.29, 0.717) is 24.4 Å². The number of aromatic nitrogens is 1. The summed E-state index contributed by atoms with van der Waals surface area (Å²) >= 11 is 0. The number of nitrogens with zero attached hydrogens (tertiary/aromatic N) is 2. The second-order valence-electron chi connectivity index (χ2n) is 6.47. The van der Waals surface area contributed by atoms with Gasteiger partial charge in [0.05, 0.1) is 0 Å². The van der Waals surface area contributed by atoms with Crippen LogP contribution < -0.4 is 10.2 Å². The Labute approximate surface area is 120 Å². The minimum atomic E-state index is -0.131. The van der Waals surface area contributed by atoms with Crippen LogP contribution in [0.2, 0.25) is 0 Å². The molecule has 2 saturated carbocycles. The molecule has 1 heterocycles. The Balaban J connectivity index is 1.78. The van der Waals surface area contributed by atoms with Crippen LogP contribution in [0.4, 0.5) is 10.2 Å². The van der Waals surface area contributed by atoms with Gasteiger partial charge in [-0.25, -0.2) is 9.37 Å². The Bertz CT molecular complexity index is 467. The highest BCUT2D eigenvalue weighted by atomic mass is 19.1. The summed E-state index contributed by atoms with van der Waals surface area (Å²) in [5.74, 6) is 1.20. The van der Waals surface area contributed by atoms with Crippen LogP contribution >= 0.6 is 0 Å². The van der Waals surface area contributed by atoms with Crippen molar-refractivity contribution >= 4 is 5.82 Å². The molecule has 2 fully saturated rings. The molecular weight excluding hydrogens is 253 g/mol. The molecule has 1 aromatic rings. The summed E-state index contributed by atoms with van der Waals surface area (Å²) in [7, 11) is 0. The van der Waals surface area contributed by atoms with E-state index in [-0.39, 0.29) is 5.82 Å². The molecule has 20 heavy (non-hydrogen) atoms. The lowest BCUT2D eigenvalue weighted by Crippen LogP contribution is -2.30. The van der Waals surface area contributed by atoms with Crippen molar-refractivity contribution in [1.29, 1.82) is 0 Å². The molecule has 3 nitrogen and oxygen atoms in total. The second kappa shape index (κ2) is 5.68. The van der Waals surface area contributed by atoms with Crippen molar-refractivity contribution in [3.8, 4) is 0 Å². The zero-order chi connectivity index (χ0) is 14.1. The number of rotatable bonds is 7. The van der Waals surface area contributed by atoms with Crippen LogP contribution in [-0.2, 0) is 6.54 Å². The zero-order valence-corrected chi connectivity index (χ0v) is 12.4. The average molecular weight is 277 g/mol. The number of pyridine rings is 1. The summed E-state index contributed by atoms with van der Waals surface area (Å²) in [5, 5.41) is 3.28. The summed E-state index contributed by atoms with van der Waals surface area (Å²) < 4.78 is 14.7. The van der Waals surface area contributed by atoms with Crippen molar-refractivity contribution in [1.82, 2.24) is 10.3 Å². The van der Waals surface area contributed by atoms with Crippen LogP contribution in [0, 0.1) is 11.7 Å². The average Bonchev–Trinajstić information content (AvgIpc) is 3.26. The molecule has 0 bridgehead atoms. The van der Waals surface area contributed by atoms with E-state index in [9.17, 15) is 4.39 Å². The van der Waals surface area contributed by atoms with Gasteiger partial charge in [-0.05, 0) is 37.7 Å². The van der Waals surface area contributed by atoms with Gasteiger partial charge in [-0.1, -0.05) is 13.8 Å². The van der Waals surface area contributed by atoms with Crippen LogP contribution in [0.25, 0.3) is 0 Å². The van der Waals surface area contributed by atoms with E-state index in [1.807, 2.05) is 0 Å². The predicted molar refractivity (Wildman–Crippen MR) is 79.3 cm³/mol. The molecule has 1 aromatic heterocycles. The number of hydrogen-bond donors (Lipinski definition) is 1. The topological polar surface area (TPSA) is 28.2 Å². The molecule has 0 spiro atoms. The van der Waals surface area contributed by atoms with Crippen molar-refractivity contribution in [2.45, 2.75) is 58.2 Å². The Morgan fingerprint density at radius 2 is 2.10 bits per heavy atom. The van der Waals surface area contributed by atoms with E-state index in [0.717, 1.165) is 18.0 Å². The first kappa shape index (κ1) is 13.8. The van der Waals surface area contributed by atoms with Crippen molar-refractivity contribution in [3.63, 3.8) is 0 Å². The summed E-state index contributed by atoms with van der Waals surface area (Å²) in [4.78, 5) is 6.55. The second-order valence-corrected chi connectivity index (χ2v) is 6.47. The molecule has 1 N–H and O–H groups in total. The van der Waals surface area contributed by atoms with E-state index in [1.165, 1.54) is 25.7 Å². The third kappa shape index (κ3) is 3.29. The molecule has 0 aliphatic heterocycles. The highest BCUT2D eigenvalue weighted by Gasteiger charge is 2.35. The first-order valence-electron chi connectivity index (χ1n) is 7.78. The molecule has 0 saturated heterocycles. The van der Waals surface area contributed by atoms with Crippen LogP contribution in [0.1, 0.15) is 45.1 Å². The van der Waals surface area contributed by atoms with Gasteiger partial charge in [0.2, 0.25) is 0 Å². The smallest absolute Gasteiger partial charge is 0.170 e. The monoisotopic (exact) mass is 277 g/mol. The van der Waals surface area contributed by atoms with Crippen molar-refractivity contribution in [3.05, 3.63) is 23.6 Å². The molecular formula is C16H24FN3. The van der Waals surface area contributed by atoms with Gasteiger partial charge in [0.15, 0.2) is 11.6 Å². The molecule has 0 atom stereocenters. The zero-order valence-electron chi connectivity index (χ0n) is 12.4. The summed E-state index contributed by atoms with van der Waals surface area (Å²) in [5.41, 5.74) is 0.727. The normalized spacial score (nSPS) is 18.6. The van der Waals surface area contributed by atoms with Gasteiger partial charge in [-0.2, -0.15) is 0 Å². The molecule has 2 aliphatic carbocycles. The minimum Gasteiger partial charge on any atom is -0.351 e. The lowest BCUT2D eigenvalue weighted by atomic mass is 10.2. The van der Waals surface area contributed by atoms with E-state index >= 15 is 0 Å². The Hall–Kier alpha value is -1.16. The lowest BCUT2D eigenvalue weighted by Gasteiger charge is -2.24. The summed E-state index contributed by atoms with van der Waals surface area (Å²) in [6.45, 7) is 5.70. The first-order valence-corrected chi connectivity index (χ1v) is 7.78. The molecule has 110 valence electrons. The highest BCUT2D eigenvalue weighted by Crippen LogP contribution is 2.38. The molecule has 0 amide bonds. The van der Waals surface area contributed by atoms with Crippen LogP contribution in [0.3, 0.4) is 0 Å². The molecule has 0 unspecified atom stereocenters. The maximum atomic E-state index is 14.7. The van der Waals surface area contributed by atoms with E-state index in [1.54, 1.807) is 12.3 Å². The fourth-order valence-electron chi connectivity index (χ4n) is 2.50. The van der Waals surface area contributed by atoms with E-state index in [4.69, 9.17) is 0 Å². The fourth-order valence-corrected chi connectivity index (χ4v) is 2.50. The quantitative estimate of drug-likeness (QED) is 0.830. The number of halogens is 1. The van der Waals surface area contributed by atoms with Gasteiger partial charge < -0.3 is 10.2 Å². The van der Waals surface area contributed by atoms with Crippen molar-refractivity contribution < 1.29 is 4.39 Å². The fraction of sp³-hybridized carbons (Fsp3) is 0.688. The Kier molecular flexibility index (Phi) is 3.92. The largest absolute Gasteiger partial charge is 0.351 e. The first-order chi connectivity index (χ1) is 9.65. The molecule has 2 aliphatic rings. The van der Waals surface area contributed by atoms with Crippen molar-refractivity contribution in [2.24, 2.45) is 5.92 Å². The van der Waals surface area contributed by atoms with Crippen LogP contribution in [0.15, 0.2) is 12.3 Å². The van der Waals surface area contributed by atoms with Crippen LogP contribution in [-0.4, -0.2) is 23.6 Å². The van der Waals surface area contributed by atoms with Gasteiger partial charge in [0.25, 0.3) is 0 Å². The minimum absolute atomic E-state index is 0.131. The van der Waals surface area contributed by atoms with E-state index < -0.39 is 0 Å². The van der Waals surface area contributed by atoms with Crippen molar-refractivity contribution in [2.75, 3.05) is 11.4 Å². The van der Waals surface area contributed by atoms with E-state index in [2.05, 4.69) is 29.0 Å². The van der Waals surface area contributed by atoms with Gasteiger partial charge >= 0.3 is 0 Å². The third-order valence-electron chi connectivity index (χ3n) is 4.06. The maximum Gasteiger partial charge on any atom is 0.170 e. The molecule has 0 aromatic carbocycles. The van der Waals surface area contributed by atoms with Crippen LogP contribution in [0.5, 0.6) is 0 Å². The standard InChI is InChI=1S/C16H24FN3/c1-11(2)19-9-13-7-8-18-16(15(13)17)20(14-5-6-14)10-12-3-4-12/h7-8,11-12,14,19H,3-6,9-10H2,1-2H3.